The van der Waals surface area contributed by atoms with E-state index >= 15 is 0 Å². The number of anilines is 1. The van der Waals surface area contributed by atoms with Gasteiger partial charge in [0, 0.05) is 31.1 Å². The Kier molecular flexibility index (Phi) is 5.43. The van der Waals surface area contributed by atoms with Crippen molar-refractivity contribution in [3.63, 3.8) is 0 Å². The van der Waals surface area contributed by atoms with Gasteiger partial charge in [0.15, 0.2) is 5.78 Å². The number of benzene rings is 1. The monoisotopic (exact) mass is 316 g/mol. The van der Waals surface area contributed by atoms with Crippen LogP contribution < -0.4 is 10.6 Å². The van der Waals surface area contributed by atoms with Gasteiger partial charge in [0.2, 0.25) is 5.91 Å². The molecule has 6 heteroatoms. The molecule has 0 radical (unpaired) electrons. The van der Waals surface area contributed by atoms with E-state index in [1.807, 2.05) is 11.4 Å². The standard InChI is InChI=1S/C16H16N2O3S/c1-17-16(21)11-4-6-12(7-5-11)18-15(20)9-8-13(19)14-3-2-10-22-14/h2-7,10H,8-9H2,1H3,(H,17,21)(H,18,20). The van der Waals surface area contributed by atoms with Crippen LogP contribution >= 0.6 is 11.3 Å². The molecule has 0 spiro atoms. The molecule has 2 aromatic rings. The Hall–Kier alpha value is -2.47. The first kappa shape index (κ1) is 15.9. The molecule has 1 aromatic carbocycles. The Morgan fingerprint density at radius 3 is 2.36 bits per heavy atom. The van der Waals surface area contributed by atoms with Gasteiger partial charge in [-0.05, 0) is 35.7 Å². The maximum atomic E-state index is 11.8. The van der Waals surface area contributed by atoms with Crippen molar-refractivity contribution in [2.75, 3.05) is 12.4 Å². The highest BCUT2D eigenvalue weighted by Gasteiger charge is 2.10. The van der Waals surface area contributed by atoms with E-state index in [9.17, 15) is 14.4 Å². The molecule has 5 nitrogen and oxygen atoms in total. The van der Waals surface area contributed by atoms with E-state index in [1.165, 1.54) is 11.3 Å². The summed E-state index contributed by atoms with van der Waals surface area (Å²) in [6.07, 6.45) is 0.316. The number of ketones is 1. The van der Waals surface area contributed by atoms with Crippen LogP contribution in [-0.2, 0) is 4.79 Å². The van der Waals surface area contributed by atoms with E-state index in [-0.39, 0.29) is 30.4 Å². The number of hydrogen-bond donors (Lipinski definition) is 2. The molecule has 1 aromatic heterocycles. The minimum absolute atomic E-state index is 0.0277. The lowest BCUT2D eigenvalue weighted by atomic mass is 10.1. The molecule has 2 rings (SSSR count). The highest BCUT2D eigenvalue weighted by atomic mass is 32.1. The van der Waals surface area contributed by atoms with Crippen molar-refractivity contribution >= 4 is 34.6 Å². The van der Waals surface area contributed by atoms with E-state index in [4.69, 9.17) is 0 Å². The lowest BCUT2D eigenvalue weighted by Gasteiger charge is -2.06. The van der Waals surface area contributed by atoms with Crippen molar-refractivity contribution in [2.24, 2.45) is 0 Å². The van der Waals surface area contributed by atoms with E-state index in [0.29, 0.717) is 16.1 Å². The fraction of sp³-hybridized carbons (Fsp3) is 0.188. The first-order chi connectivity index (χ1) is 10.6. The number of hydrogen-bond acceptors (Lipinski definition) is 4. The molecule has 0 aliphatic rings. The fourth-order valence-electron chi connectivity index (χ4n) is 1.86. The van der Waals surface area contributed by atoms with E-state index < -0.39 is 0 Å². The third-order valence-corrected chi connectivity index (χ3v) is 3.94. The van der Waals surface area contributed by atoms with E-state index in [2.05, 4.69) is 10.6 Å². The molecule has 0 aliphatic carbocycles. The Balaban J connectivity index is 1.84. The number of amides is 2. The Labute approximate surface area is 132 Å². The van der Waals surface area contributed by atoms with Gasteiger partial charge in [-0.3, -0.25) is 14.4 Å². The van der Waals surface area contributed by atoms with Crippen molar-refractivity contribution in [3.05, 3.63) is 52.2 Å². The quantitative estimate of drug-likeness (QED) is 0.805. The van der Waals surface area contributed by atoms with Crippen LogP contribution in [0.25, 0.3) is 0 Å². The summed E-state index contributed by atoms with van der Waals surface area (Å²) in [6, 6.07) is 10.1. The zero-order chi connectivity index (χ0) is 15.9. The molecular weight excluding hydrogens is 300 g/mol. The van der Waals surface area contributed by atoms with Crippen LogP contribution in [0.1, 0.15) is 32.9 Å². The molecule has 0 fully saturated rings. The molecule has 2 amide bonds. The van der Waals surface area contributed by atoms with Gasteiger partial charge >= 0.3 is 0 Å². The van der Waals surface area contributed by atoms with Crippen LogP contribution in [0.15, 0.2) is 41.8 Å². The second kappa shape index (κ2) is 7.51. The maximum absolute atomic E-state index is 11.8. The van der Waals surface area contributed by atoms with Crippen LogP contribution in [0, 0.1) is 0 Å². The molecule has 1 heterocycles. The first-order valence-electron chi connectivity index (χ1n) is 6.79. The maximum Gasteiger partial charge on any atom is 0.251 e. The lowest BCUT2D eigenvalue weighted by molar-refractivity contribution is -0.116. The van der Waals surface area contributed by atoms with Gasteiger partial charge in [0.05, 0.1) is 4.88 Å². The topological polar surface area (TPSA) is 75.3 Å². The molecule has 0 bridgehead atoms. The SMILES string of the molecule is CNC(=O)c1ccc(NC(=O)CCC(=O)c2cccs2)cc1. The summed E-state index contributed by atoms with van der Waals surface area (Å²) in [4.78, 5) is 35.7. The van der Waals surface area contributed by atoms with Crippen molar-refractivity contribution in [1.82, 2.24) is 5.32 Å². The average Bonchev–Trinajstić information content (AvgIpc) is 3.07. The van der Waals surface area contributed by atoms with Crippen molar-refractivity contribution in [3.8, 4) is 0 Å². The van der Waals surface area contributed by atoms with Crippen LogP contribution in [0.4, 0.5) is 5.69 Å². The highest BCUT2D eigenvalue weighted by molar-refractivity contribution is 7.12. The lowest BCUT2D eigenvalue weighted by Crippen LogP contribution is -2.18. The Morgan fingerprint density at radius 1 is 1.05 bits per heavy atom. The molecular formula is C16H16N2O3S. The Bertz CT molecular complexity index is 663. The van der Waals surface area contributed by atoms with Crippen LogP contribution in [0.2, 0.25) is 0 Å². The van der Waals surface area contributed by atoms with Gasteiger partial charge in [0.1, 0.15) is 0 Å². The molecule has 0 saturated heterocycles. The molecule has 114 valence electrons. The second-order valence-electron chi connectivity index (χ2n) is 4.61. The summed E-state index contributed by atoms with van der Waals surface area (Å²) in [6.45, 7) is 0. The number of Topliss-reactive ketones (excluding diaryl/α,β-unsaturated/α-hetero) is 1. The van der Waals surface area contributed by atoms with Gasteiger partial charge < -0.3 is 10.6 Å². The molecule has 0 saturated carbocycles. The third kappa shape index (κ3) is 4.26. The number of thiophene rings is 1. The predicted octanol–water partition coefficient (Wildman–Crippen LogP) is 2.71. The largest absolute Gasteiger partial charge is 0.355 e. The van der Waals surface area contributed by atoms with Gasteiger partial charge in [0.25, 0.3) is 5.91 Å². The molecule has 0 aliphatic heterocycles. The molecule has 0 atom stereocenters. The smallest absolute Gasteiger partial charge is 0.251 e. The average molecular weight is 316 g/mol. The molecule has 0 unspecified atom stereocenters. The zero-order valence-corrected chi connectivity index (χ0v) is 12.9. The fourth-order valence-corrected chi connectivity index (χ4v) is 2.55. The number of nitrogens with one attached hydrogen (secondary N) is 2. The zero-order valence-electron chi connectivity index (χ0n) is 12.1. The summed E-state index contributed by atoms with van der Waals surface area (Å²) in [7, 11) is 1.56. The number of carbonyl (C=O) groups excluding carboxylic acids is 3. The van der Waals surface area contributed by atoms with Gasteiger partial charge in [-0.15, -0.1) is 11.3 Å². The van der Waals surface area contributed by atoms with Gasteiger partial charge in [-0.2, -0.15) is 0 Å². The second-order valence-corrected chi connectivity index (χ2v) is 5.55. The third-order valence-electron chi connectivity index (χ3n) is 3.03. The highest BCUT2D eigenvalue weighted by Crippen LogP contribution is 2.14. The minimum atomic E-state index is -0.224. The normalized spacial score (nSPS) is 10.0. The van der Waals surface area contributed by atoms with Gasteiger partial charge in [-0.1, -0.05) is 6.07 Å². The summed E-state index contributed by atoms with van der Waals surface area (Å²) >= 11 is 1.37. The van der Waals surface area contributed by atoms with E-state index in [1.54, 1.807) is 37.4 Å². The summed E-state index contributed by atoms with van der Waals surface area (Å²) in [5.74, 6) is -0.433. The number of carbonyl (C=O) groups is 3. The Morgan fingerprint density at radius 2 is 1.77 bits per heavy atom. The summed E-state index contributed by atoms with van der Waals surface area (Å²) < 4.78 is 0. The molecule has 22 heavy (non-hydrogen) atoms. The van der Waals surface area contributed by atoms with Crippen molar-refractivity contribution < 1.29 is 14.4 Å². The summed E-state index contributed by atoms with van der Waals surface area (Å²) in [5.41, 5.74) is 1.12. The summed E-state index contributed by atoms with van der Waals surface area (Å²) in [5, 5.41) is 7.07. The number of rotatable bonds is 6. The molecule has 2 N–H and O–H groups in total. The van der Waals surface area contributed by atoms with Crippen LogP contribution in [-0.4, -0.2) is 24.6 Å². The predicted molar refractivity (Wildman–Crippen MR) is 86.3 cm³/mol. The minimum Gasteiger partial charge on any atom is -0.355 e. The van der Waals surface area contributed by atoms with Gasteiger partial charge in [-0.25, -0.2) is 0 Å². The van der Waals surface area contributed by atoms with Crippen molar-refractivity contribution in [1.29, 1.82) is 0 Å². The van der Waals surface area contributed by atoms with Crippen LogP contribution in [0.5, 0.6) is 0 Å². The van der Waals surface area contributed by atoms with E-state index in [0.717, 1.165) is 0 Å². The van der Waals surface area contributed by atoms with Crippen molar-refractivity contribution in [2.45, 2.75) is 12.8 Å². The van der Waals surface area contributed by atoms with Crippen LogP contribution in [0.3, 0.4) is 0 Å². The first-order valence-corrected chi connectivity index (χ1v) is 7.67.